The van der Waals surface area contributed by atoms with Crippen molar-refractivity contribution in [2.45, 2.75) is 0 Å². The molecule has 44 heavy (non-hydrogen) atoms. The maximum atomic E-state index is 12.9. The first-order valence-corrected chi connectivity index (χ1v) is 14.4. The highest BCUT2D eigenvalue weighted by molar-refractivity contribution is 7.81. The molecule has 13 heteroatoms. The van der Waals surface area contributed by atoms with Gasteiger partial charge in [0.05, 0.1) is 50.3 Å². The summed E-state index contributed by atoms with van der Waals surface area (Å²) in [5.41, 5.74) is 3.01. The second kappa shape index (κ2) is 13.7. The summed E-state index contributed by atoms with van der Waals surface area (Å²) in [6.45, 7) is -0.0333. The molecule has 1 atom stereocenters. The Morgan fingerprint density at radius 1 is 0.818 bits per heavy atom. The van der Waals surface area contributed by atoms with Crippen molar-refractivity contribution < 1.29 is 27.8 Å². The lowest BCUT2D eigenvalue weighted by Gasteiger charge is -2.23. The van der Waals surface area contributed by atoms with Gasteiger partial charge in [0, 0.05) is 29.6 Å². The van der Waals surface area contributed by atoms with E-state index in [2.05, 4.69) is 16.0 Å². The van der Waals surface area contributed by atoms with Crippen LogP contribution in [0.4, 0.5) is 34.4 Å². The molecule has 0 aliphatic rings. The Hall–Kier alpha value is -5.40. The molecule has 5 aromatic rings. The molecule has 1 amide bonds. The van der Waals surface area contributed by atoms with Crippen molar-refractivity contribution in [1.82, 2.24) is 9.97 Å². The number of rotatable bonds is 12. The van der Waals surface area contributed by atoms with Crippen LogP contribution in [0.3, 0.4) is 0 Å². The quantitative estimate of drug-likeness (QED) is 0.129. The number of hydrogen-bond donors (Lipinski definition) is 4. The van der Waals surface area contributed by atoms with Crippen LogP contribution in [0.15, 0.2) is 91.0 Å². The van der Waals surface area contributed by atoms with Gasteiger partial charge < -0.3 is 30.2 Å². The van der Waals surface area contributed by atoms with Crippen LogP contribution in [-0.2, 0) is 16.1 Å². The first-order valence-electron chi connectivity index (χ1n) is 13.3. The van der Waals surface area contributed by atoms with Gasteiger partial charge in [-0.1, -0.05) is 30.3 Å². The van der Waals surface area contributed by atoms with E-state index in [9.17, 15) is 13.6 Å². The van der Waals surface area contributed by atoms with Gasteiger partial charge in [-0.05, 0) is 42.5 Å². The molecular formula is C31H30N6O6S. The molecule has 0 aliphatic carbocycles. The minimum Gasteiger partial charge on any atom is -0.497 e. The van der Waals surface area contributed by atoms with Crippen molar-refractivity contribution in [1.29, 1.82) is 0 Å². The Labute approximate surface area is 256 Å². The minimum atomic E-state index is -2.58. The van der Waals surface area contributed by atoms with Gasteiger partial charge in [-0.3, -0.25) is 9.35 Å². The van der Waals surface area contributed by atoms with Crippen LogP contribution in [0, 0.1) is 0 Å². The van der Waals surface area contributed by atoms with Gasteiger partial charge in [0.1, 0.15) is 17.2 Å². The third-order valence-corrected chi connectivity index (χ3v) is 7.12. The molecular weight excluding hydrogens is 584 g/mol. The van der Waals surface area contributed by atoms with Crippen molar-refractivity contribution >= 4 is 62.6 Å². The zero-order valence-corrected chi connectivity index (χ0v) is 24.9. The van der Waals surface area contributed by atoms with Crippen LogP contribution in [0.5, 0.6) is 17.2 Å². The summed E-state index contributed by atoms with van der Waals surface area (Å²) in [5.74, 6) is 1.63. The number of carbonyl (C=O) groups excluding carboxylic acids is 1. The molecule has 0 spiro atoms. The van der Waals surface area contributed by atoms with E-state index < -0.39 is 11.3 Å². The third-order valence-electron chi connectivity index (χ3n) is 6.43. The lowest BCUT2D eigenvalue weighted by molar-refractivity contribution is -0.114. The normalized spacial score (nSPS) is 11.4. The minimum absolute atomic E-state index is 0.0333. The predicted molar refractivity (Wildman–Crippen MR) is 172 cm³/mol. The van der Waals surface area contributed by atoms with E-state index in [0.717, 1.165) is 4.31 Å². The number of carbonyl (C=O) groups is 1. The molecule has 5 rings (SSSR count). The molecule has 0 saturated heterocycles. The maximum Gasteiger partial charge on any atom is 0.268 e. The summed E-state index contributed by atoms with van der Waals surface area (Å²) in [6.07, 6.45) is 0. The Bertz CT molecular complexity index is 1800. The Balaban J connectivity index is 1.47. The lowest BCUT2D eigenvalue weighted by atomic mass is 10.2. The summed E-state index contributed by atoms with van der Waals surface area (Å²) in [6, 6.07) is 26.2. The molecule has 1 unspecified atom stereocenters. The fourth-order valence-corrected chi connectivity index (χ4v) is 4.97. The second-order valence-electron chi connectivity index (χ2n) is 9.29. The molecule has 0 fully saturated rings. The number of hydrogen-bond acceptors (Lipinski definition) is 9. The van der Waals surface area contributed by atoms with Crippen molar-refractivity contribution in [2.24, 2.45) is 0 Å². The van der Waals surface area contributed by atoms with E-state index in [1.807, 2.05) is 18.2 Å². The largest absolute Gasteiger partial charge is 0.497 e. The summed E-state index contributed by atoms with van der Waals surface area (Å²) >= 11 is -2.58. The van der Waals surface area contributed by atoms with Gasteiger partial charge >= 0.3 is 0 Å². The standard InChI is InChI=1S/C31H30N6O6S/c1-41-23-16-21(17-24(18-23)42-2)34-30-31(36-26-12-5-4-11-25(26)35-30)37(44(39)40)22-10-8-9-20(15-22)33-29(38)19-32-27-13-6-7-14-28(27)43-3/h4-18,32H,19H2,1-3H3,(H,33,38)(H,34,35)(H,39,40). The van der Waals surface area contributed by atoms with E-state index in [1.54, 1.807) is 79.9 Å². The number of aromatic nitrogens is 2. The van der Waals surface area contributed by atoms with Crippen molar-refractivity contribution in [3.8, 4) is 17.2 Å². The monoisotopic (exact) mass is 614 g/mol. The van der Waals surface area contributed by atoms with Gasteiger partial charge in [0.25, 0.3) is 11.3 Å². The molecule has 1 heterocycles. The molecule has 0 saturated carbocycles. The van der Waals surface area contributed by atoms with Crippen LogP contribution in [-0.4, -0.2) is 52.5 Å². The average Bonchev–Trinajstić information content (AvgIpc) is 3.04. The molecule has 226 valence electrons. The second-order valence-corrected chi connectivity index (χ2v) is 10.1. The summed E-state index contributed by atoms with van der Waals surface area (Å²) in [5, 5.41) is 9.06. The lowest BCUT2D eigenvalue weighted by Crippen LogP contribution is -2.24. The number of ether oxygens (including phenoxy) is 3. The highest BCUT2D eigenvalue weighted by Crippen LogP contribution is 2.36. The average molecular weight is 615 g/mol. The Morgan fingerprint density at radius 2 is 1.50 bits per heavy atom. The van der Waals surface area contributed by atoms with Crippen molar-refractivity contribution in [3.05, 3.63) is 91.0 Å². The van der Waals surface area contributed by atoms with E-state index >= 15 is 0 Å². The van der Waals surface area contributed by atoms with Gasteiger partial charge in [-0.25, -0.2) is 18.5 Å². The van der Waals surface area contributed by atoms with Crippen LogP contribution in [0.25, 0.3) is 11.0 Å². The first-order chi connectivity index (χ1) is 21.4. The molecule has 4 aromatic carbocycles. The zero-order valence-electron chi connectivity index (χ0n) is 24.1. The maximum absolute atomic E-state index is 12.9. The van der Waals surface area contributed by atoms with E-state index in [-0.39, 0.29) is 29.8 Å². The number of methoxy groups -OCH3 is 3. The molecule has 0 radical (unpaired) electrons. The highest BCUT2D eigenvalue weighted by Gasteiger charge is 2.24. The summed E-state index contributed by atoms with van der Waals surface area (Å²) in [7, 11) is 4.63. The third kappa shape index (κ3) is 6.97. The fourth-order valence-electron chi connectivity index (χ4n) is 4.40. The van der Waals surface area contributed by atoms with Crippen LogP contribution >= 0.6 is 0 Å². The fraction of sp³-hybridized carbons (Fsp3) is 0.129. The zero-order chi connectivity index (χ0) is 31.1. The number of para-hydroxylation sites is 4. The number of nitrogens with one attached hydrogen (secondary N) is 3. The molecule has 12 nitrogen and oxygen atoms in total. The number of anilines is 6. The molecule has 0 aliphatic heterocycles. The van der Waals surface area contributed by atoms with E-state index in [0.29, 0.717) is 45.3 Å². The van der Waals surface area contributed by atoms with Gasteiger partial charge in [0.2, 0.25) is 5.91 Å². The van der Waals surface area contributed by atoms with E-state index in [4.69, 9.17) is 24.2 Å². The van der Waals surface area contributed by atoms with Crippen LogP contribution in [0.2, 0.25) is 0 Å². The Kier molecular flexibility index (Phi) is 9.37. The number of fused-ring (bicyclic) bond motifs is 1. The van der Waals surface area contributed by atoms with Gasteiger partial charge in [-0.15, -0.1) is 0 Å². The number of benzene rings is 4. The summed E-state index contributed by atoms with van der Waals surface area (Å²) < 4.78 is 40.6. The highest BCUT2D eigenvalue weighted by atomic mass is 32.2. The summed E-state index contributed by atoms with van der Waals surface area (Å²) in [4.78, 5) is 22.2. The molecule has 1 aromatic heterocycles. The topological polar surface area (TPSA) is 147 Å². The smallest absolute Gasteiger partial charge is 0.268 e. The Morgan fingerprint density at radius 3 is 2.18 bits per heavy atom. The van der Waals surface area contributed by atoms with Crippen LogP contribution < -0.4 is 34.5 Å². The number of amides is 1. The predicted octanol–water partition coefficient (Wildman–Crippen LogP) is 5.72. The SMILES string of the molecule is COc1cc(Nc2nc3ccccc3nc2N(c2cccc(NC(=O)CNc3ccccc3OC)c2)S(=O)O)cc(OC)c1. The molecule has 4 N–H and O–H groups in total. The van der Waals surface area contributed by atoms with Gasteiger partial charge in [-0.2, -0.15) is 0 Å². The number of nitrogens with zero attached hydrogens (tertiary/aromatic N) is 3. The van der Waals surface area contributed by atoms with Crippen molar-refractivity contribution in [3.63, 3.8) is 0 Å². The first kappa shape index (κ1) is 30.1. The van der Waals surface area contributed by atoms with E-state index in [1.165, 1.54) is 14.2 Å². The van der Waals surface area contributed by atoms with Gasteiger partial charge in [0.15, 0.2) is 11.6 Å². The molecule has 0 bridgehead atoms. The van der Waals surface area contributed by atoms with Crippen molar-refractivity contribution in [2.75, 3.05) is 48.1 Å². The van der Waals surface area contributed by atoms with Crippen LogP contribution in [0.1, 0.15) is 0 Å².